The summed E-state index contributed by atoms with van der Waals surface area (Å²) in [5.41, 5.74) is 1.46. The van der Waals surface area contributed by atoms with Gasteiger partial charge in [0.15, 0.2) is 0 Å². The zero-order valence-corrected chi connectivity index (χ0v) is 17.3. The van der Waals surface area contributed by atoms with Crippen LogP contribution in [0.25, 0.3) is 0 Å². The summed E-state index contributed by atoms with van der Waals surface area (Å²) in [4.78, 5) is 23.4. The van der Waals surface area contributed by atoms with Crippen LogP contribution in [0.1, 0.15) is 49.4 Å². The molecule has 0 aromatic heterocycles. The van der Waals surface area contributed by atoms with Crippen molar-refractivity contribution >= 4 is 17.6 Å². The normalized spacial score (nSPS) is 10.3. The van der Waals surface area contributed by atoms with Crippen molar-refractivity contribution in [2.75, 3.05) is 18.5 Å². The summed E-state index contributed by atoms with van der Waals surface area (Å²) in [6.07, 6.45) is 4.87. The smallest absolute Gasteiger partial charge is 0.333 e. The van der Waals surface area contributed by atoms with Gasteiger partial charge in [0.1, 0.15) is 11.6 Å². The fraction of sp³-hybridized carbons (Fsp3) is 0.333. The van der Waals surface area contributed by atoms with E-state index in [0.717, 1.165) is 32.1 Å². The third kappa shape index (κ3) is 8.47. The lowest BCUT2D eigenvalue weighted by Gasteiger charge is -2.08. The van der Waals surface area contributed by atoms with Crippen molar-refractivity contribution < 1.29 is 23.5 Å². The molecular formula is C24H28FNO4. The number of ether oxygens (including phenoxy) is 2. The molecule has 0 radical (unpaired) electrons. The lowest BCUT2D eigenvalue weighted by Crippen LogP contribution is -2.11. The zero-order chi connectivity index (χ0) is 21.8. The molecule has 2 rings (SSSR count). The second-order valence-corrected chi connectivity index (χ2v) is 7.02. The molecule has 6 heteroatoms. The molecule has 0 bridgehead atoms. The maximum Gasteiger partial charge on any atom is 0.333 e. The molecule has 0 fully saturated rings. The Bertz CT molecular complexity index is 831. The lowest BCUT2D eigenvalue weighted by molar-refractivity contribution is -0.139. The molecule has 0 heterocycles. The fourth-order valence-corrected chi connectivity index (χ4v) is 2.65. The van der Waals surface area contributed by atoms with E-state index in [1.807, 2.05) is 0 Å². The minimum absolute atomic E-state index is 0.262. The first-order valence-corrected chi connectivity index (χ1v) is 10.1. The first kappa shape index (κ1) is 23.1. The standard InChI is InChI=1S/C24H28FNO4/c1-18(2)24(28)30-17-7-5-3-4-6-16-29-22-14-8-19(9-15-22)23(27)26-21-12-10-20(25)11-13-21/h8-15H,1,3-7,16-17H2,2H3,(H,26,27). The number of unbranched alkanes of at least 4 members (excludes halogenated alkanes) is 4. The SMILES string of the molecule is C=C(C)C(=O)OCCCCCCCOc1ccc(C(=O)Nc2ccc(F)cc2)cc1. The van der Waals surface area contributed by atoms with Gasteiger partial charge in [-0.2, -0.15) is 0 Å². The zero-order valence-electron chi connectivity index (χ0n) is 17.3. The van der Waals surface area contributed by atoms with Gasteiger partial charge in [-0.3, -0.25) is 4.79 Å². The summed E-state index contributed by atoms with van der Waals surface area (Å²) in [6.45, 7) is 6.22. The highest BCUT2D eigenvalue weighted by Crippen LogP contribution is 2.15. The molecule has 1 N–H and O–H groups in total. The van der Waals surface area contributed by atoms with E-state index in [-0.39, 0.29) is 17.7 Å². The van der Waals surface area contributed by atoms with Crippen molar-refractivity contribution in [3.8, 4) is 5.75 Å². The number of hydrogen-bond donors (Lipinski definition) is 1. The summed E-state index contributed by atoms with van der Waals surface area (Å²) >= 11 is 0. The number of halogens is 1. The maximum absolute atomic E-state index is 12.9. The van der Waals surface area contributed by atoms with Crippen LogP contribution in [0.2, 0.25) is 0 Å². The van der Waals surface area contributed by atoms with Gasteiger partial charge in [-0.1, -0.05) is 25.8 Å². The Labute approximate surface area is 176 Å². The average Bonchev–Trinajstić information content (AvgIpc) is 2.74. The molecule has 5 nitrogen and oxygen atoms in total. The summed E-state index contributed by atoms with van der Waals surface area (Å²) in [5.74, 6) is -0.233. The molecule has 0 saturated carbocycles. The number of benzene rings is 2. The van der Waals surface area contributed by atoms with Crippen LogP contribution in [0.4, 0.5) is 10.1 Å². The van der Waals surface area contributed by atoms with Crippen LogP contribution in [-0.4, -0.2) is 25.1 Å². The van der Waals surface area contributed by atoms with Gasteiger partial charge in [-0.15, -0.1) is 0 Å². The van der Waals surface area contributed by atoms with Crippen LogP contribution in [0.3, 0.4) is 0 Å². The Hall–Kier alpha value is -3.15. The number of carbonyl (C=O) groups excluding carboxylic acids is 2. The van der Waals surface area contributed by atoms with E-state index in [4.69, 9.17) is 9.47 Å². The van der Waals surface area contributed by atoms with Crippen molar-refractivity contribution in [1.29, 1.82) is 0 Å². The van der Waals surface area contributed by atoms with Crippen molar-refractivity contribution in [1.82, 2.24) is 0 Å². The quantitative estimate of drug-likeness (QED) is 0.282. The molecule has 0 spiro atoms. The molecule has 160 valence electrons. The van der Waals surface area contributed by atoms with Gasteiger partial charge in [0, 0.05) is 16.8 Å². The number of nitrogens with one attached hydrogen (secondary N) is 1. The van der Waals surface area contributed by atoms with Crippen molar-refractivity contribution in [3.63, 3.8) is 0 Å². The molecule has 30 heavy (non-hydrogen) atoms. The predicted octanol–water partition coefficient (Wildman–Crippen LogP) is 5.53. The molecule has 0 saturated heterocycles. The lowest BCUT2D eigenvalue weighted by atomic mass is 10.1. The summed E-state index contributed by atoms with van der Waals surface area (Å²) < 4.78 is 23.7. The van der Waals surface area contributed by atoms with Crippen LogP contribution >= 0.6 is 0 Å². The van der Waals surface area contributed by atoms with Crippen LogP contribution < -0.4 is 10.1 Å². The molecule has 0 atom stereocenters. The molecule has 1 amide bonds. The van der Waals surface area contributed by atoms with Crippen molar-refractivity contribution in [2.45, 2.75) is 39.0 Å². The second-order valence-electron chi connectivity index (χ2n) is 7.02. The van der Waals surface area contributed by atoms with Crippen LogP contribution in [-0.2, 0) is 9.53 Å². The molecule has 0 unspecified atom stereocenters. The number of rotatable bonds is 12. The van der Waals surface area contributed by atoms with Gasteiger partial charge in [0.05, 0.1) is 13.2 Å². The average molecular weight is 413 g/mol. The molecule has 0 aliphatic carbocycles. The highest BCUT2D eigenvalue weighted by molar-refractivity contribution is 6.04. The second kappa shape index (κ2) is 12.4. The minimum Gasteiger partial charge on any atom is -0.494 e. The largest absolute Gasteiger partial charge is 0.494 e. The number of carbonyl (C=O) groups is 2. The van der Waals surface area contributed by atoms with E-state index in [9.17, 15) is 14.0 Å². The van der Waals surface area contributed by atoms with Crippen molar-refractivity contribution in [2.24, 2.45) is 0 Å². The van der Waals surface area contributed by atoms with Gasteiger partial charge in [-0.05, 0) is 68.3 Å². The molecule has 0 aliphatic rings. The summed E-state index contributed by atoms with van der Waals surface area (Å²) in [5, 5.41) is 2.72. The first-order chi connectivity index (χ1) is 14.5. The van der Waals surface area contributed by atoms with E-state index in [2.05, 4.69) is 11.9 Å². The monoisotopic (exact) mass is 413 g/mol. The number of anilines is 1. The van der Waals surface area contributed by atoms with Crippen LogP contribution in [0.15, 0.2) is 60.7 Å². The number of hydrogen-bond acceptors (Lipinski definition) is 4. The minimum atomic E-state index is -0.349. The predicted molar refractivity (Wildman–Crippen MR) is 115 cm³/mol. The number of amides is 1. The summed E-state index contributed by atoms with van der Waals surface area (Å²) in [6, 6.07) is 12.5. The van der Waals surface area contributed by atoms with E-state index < -0.39 is 0 Å². The maximum atomic E-state index is 12.9. The third-order valence-corrected chi connectivity index (χ3v) is 4.36. The topological polar surface area (TPSA) is 64.6 Å². The Morgan fingerprint density at radius 3 is 2.13 bits per heavy atom. The molecular weight excluding hydrogens is 385 g/mol. The van der Waals surface area contributed by atoms with Crippen LogP contribution in [0, 0.1) is 5.82 Å². The van der Waals surface area contributed by atoms with E-state index >= 15 is 0 Å². The van der Waals surface area contributed by atoms with E-state index in [1.165, 1.54) is 24.3 Å². The molecule has 2 aromatic rings. The number of esters is 1. The summed E-state index contributed by atoms with van der Waals surface area (Å²) in [7, 11) is 0. The first-order valence-electron chi connectivity index (χ1n) is 10.1. The van der Waals surface area contributed by atoms with Gasteiger partial charge >= 0.3 is 5.97 Å². The van der Waals surface area contributed by atoms with Crippen LogP contribution in [0.5, 0.6) is 5.75 Å². The van der Waals surface area contributed by atoms with Crippen molar-refractivity contribution in [3.05, 3.63) is 72.1 Å². The Morgan fingerprint density at radius 2 is 1.50 bits per heavy atom. The Morgan fingerprint density at radius 1 is 0.900 bits per heavy atom. The van der Waals surface area contributed by atoms with Gasteiger partial charge < -0.3 is 14.8 Å². The van der Waals surface area contributed by atoms with E-state index in [0.29, 0.717) is 35.8 Å². The molecule has 2 aromatic carbocycles. The highest BCUT2D eigenvalue weighted by atomic mass is 19.1. The third-order valence-electron chi connectivity index (χ3n) is 4.36. The Kier molecular flexibility index (Phi) is 9.58. The molecule has 0 aliphatic heterocycles. The fourth-order valence-electron chi connectivity index (χ4n) is 2.65. The Balaban J connectivity index is 1.58. The van der Waals surface area contributed by atoms with E-state index in [1.54, 1.807) is 31.2 Å². The highest BCUT2D eigenvalue weighted by Gasteiger charge is 2.07. The van der Waals surface area contributed by atoms with Gasteiger partial charge in [0.2, 0.25) is 0 Å². The van der Waals surface area contributed by atoms with Gasteiger partial charge in [0.25, 0.3) is 5.91 Å². The van der Waals surface area contributed by atoms with Gasteiger partial charge in [-0.25, -0.2) is 9.18 Å².